The first-order chi connectivity index (χ1) is 15.5. The highest BCUT2D eigenvalue weighted by atomic mass is 19.1. The van der Waals surface area contributed by atoms with Gasteiger partial charge in [-0.05, 0) is 56.2 Å². The topological polar surface area (TPSA) is 76.5 Å². The van der Waals surface area contributed by atoms with Crippen LogP contribution in [0.25, 0.3) is 16.6 Å². The number of benzene rings is 2. The average molecular weight is 439 g/mol. The zero-order valence-electron chi connectivity index (χ0n) is 18.3. The fraction of sp³-hybridized carbons (Fsp3) is 0.375. The van der Waals surface area contributed by atoms with Crippen LogP contribution >= 0.6 is 0 Å². The molecule has 8 heteroatoms. The van der Waals surface area contributed by atoms with Crippen LogP contribution in [0.4, 0.5) is 4.39 Å². The van der Waals surface area contributed by atoms with Crippen LogP contribution in [0.15, 0.2) is 47.5 Å². The molecule has 1 aliphatic heterocycles. The third-order valence-electron chi connectivity index (χ3n) is 5.69. The van der Waals surface area contributed by atoms with E-state index in [2.05, 4.69) is 10.3 Å². The number of fused-ring (bicyclic) bond motifs is 1. The van der Waals surface area contributed by atoms with Crippen molar-refractivity contribution in [1.29, 1.82) is 0 Å². The Morgan fingerprint density at radius 3 is 2.88 bits per heavy atom. The number of carbonyl (C=O) groups excluding carboxylic acids is 1. The van der Waals surface area contributed by atoms with Gasteiger partial charge < -0.3 is 10.1 Å². The number of alkyl halides is 1. The van der Waals surface area contributed by atoms with Gasteiger partial charge in [0.25, 0.3) is 11.5 Å². The summed E-state index contributed by atoms with van der Waals surface area (Å²) in [7, 11) is 0. The smallest absolute Gasteiger partial charge is 0.265 e. The minimum absolute atomic E-state index is 0.191. The van der Waals surface area contributed by atoms with Gasteiger partial charge in [-0.3, -0.25) is 19.1 Å². The van der Waals surface area contributed by atoms with Crippen LogP contribution in [-0.4, -0.2) is 59.3 Å². The molecule has 32 heavy (non-hydrogen) atoms. The summed E-state index contributed by atoms with van der Waals surface area (Å²) in [6.45, 7) is 6.51. The number of nitrogens with one attached hydrogen (secondary N) is 1. The molecule has 0 saturated carbocycles. The molecule has 2 aromatic carbocycles. The zero-order chi connectivity index (χ0) is 22.7. The molecular formula is C24H27FN4O3. The second kappa shape index (κ2) is 9.48. The predicted molar refractivity (Wildman–Crippen MR) is 122 cm³/mol. The van der Waals surface area contributed by atoms with Crippen LogP contribution in [0.5, 0.6) is 5.75 Å². The summed E-state index contributed by atoms with van der Waals surface area (Å²) in [5.41, 5.74) is 2.26. The van der Waals surface area contributed by atoms with Crippen molar-refractivity contribution in [1.82, 2.24) is 19.8 Å². The number of carbonyl (C=O) groups is 1. The van der Waals surface area contributed by atoms with Gasteiger partial charge in [-0.25, -0.2) is 9.37 Å². The molecule has 0 bridgehead atoms. The summed E-state index contributed by atoms with van der Waals surface area (Å²) in [6, 6.07) is 10.5. The van der Waals surface area contributed by atoms with Gasteiger partial charge in [0.1, 0.15) is 24.9 Å². The maximum Gasteiger partial charge on any atom is 0.265 e. The molecular weight excluding hydrogens is 411 g/mol. The lowest BCUT2D eigenvalue weighted by Crippen LogP contribution is -2.26. The van der Waals surface area contributed by atoms with Crippen LogP contribution in [0.1, 0.15) is 29.3 Å². The fourth-order valence-electron chi connectivity index (χ4n) is 3.92. The van der Waals surface area contributed by atoms with E-state index in [-0.39, 0.29) is 11.5 Å². The second-order valence-electron chi connectivity index (χ2n) is 7.99. The number of aryl methyl sites for hydroxylation is 1. The molecule has 3 aromatic rings. The van der Waals surface area contributed by atoms with Crippen LogP contribution in [0, 0.1) is 6.92 Å². The Morgan fingerprint density at radius 1 is 1.28 bits per heavy atom. The van der Waals surface area contributed by atoms with Gasteiger partial charge in [-0.2, -0.15) is 0 Å². The highest BCUT2D eigenvalue weighted by Crippen LogP contribution is 2.20. The Hall–Kier alpha value is -3.26. The van der Waals surface area contributed by atoms with E-state index in [0.29, 0.717) is 60.6 Å². The van der Waals surface area contributed by atoms with Gasteiger partial charge in [0.2, 0.25) is 0 Å². The lowest BCUT2D eigenvalue weighted by molar-refractivity contribution is 0.0956. The quantitative estimate of drug-likeness (QED) is 0.614. The standard InChI is InChI=1S/C24H27FN4O3/c1-3-26-23(30)17-5-4-16(2)22(12-17)29-15-27-21-7-6-19(13-20(21)24(29)31)32-11-10-28-9-8-18(25)14-28/h4-7,12-13,15,18H,3,8-11,14H2,1-2H3,(H,26,30). The Bertz CT molecular complexity index is 1190. The molecule has 2 heterocycles. The van der Waals surface area contributed by atoms with E-state index in [1.54, 1.807) is 30.3 Å². The van der Waals surface area contributed by atoms with Crippen LogP contribution in [0.3, 0.4) is 0 Å². The van der Waals surface area contributed by atoms with Crippen LogP contribution in [0.2, 0.25) is 0 Å². The van der Waals surface area contributed by atoms with E-state index >= 15 is 0 Å². The van der Waals surface area contributed by atoms with E-state index in [1.807, 2.05) is 24.8 Å². The molecule has 7 nitrogen and oxygen atoms in total. The zero-order valence-corrected chi connectivity index (χ0v) is 18.3. The summed E-state index contributed by atoms with van der Waals surface area (Å²) in [5, 5.41) is 3.20. The lowest BCUT2D eigenvalue weighted by Gasteiger charge is -2.15. The number of aromatic nitrogens is 2. The van der Waals surface area contributed by atoms with Crippen molar-refractivity contribution in [2.24, 2.45) is 0 Å². The van der Waals surface area contributed by atoms with Gasteiger partial charge in [0, 0.05) is 31.7 Å². The third-order valence-corrected chi connectivity index (χ3v) is 5.69. The van der Waals surface area contributed by atoms with Crippen molar-refractivity contribution < 1.29 is 13.9 Å². The van der Waals surface area contributed by atoms with E-state index in [9.17, 15) is 14.0 Å². The van der Waals surface area contributed by atoms with E-state index in [0.717, 1.165) is 12.1 Å². The molecule has 1 atom stereocenters. The number of nitrogens with zero attached hydrogens (tertiary/aromatic N) is 3. The van der Waals surface area contributed by atoms with Crippen LogP contribution < -0.4 is 15.6 Å². The number of amides is 1. The van der Waals surface area contributed by atoms with Crippen molar-refractivity contribution >= 4 is 16.8 Å². The second-order valence-corrected chi connectivity index (χ2v) is 7.99. The van der Waals surface area contributed by atoms with E-state index < -0.39 is 6.17 Å². The predicted octanol–water partition coefficient (Wildman–Crippen LogP) is 2.87. The highest BCUT2D eigenvalue weighted by Gasteiger charge is 2.21. The number of likely N-dealkylation sites (tertiary alicyclic amines) is 1. The minimum atomic E-state index is -0.754. The monoisotopic (exact) mass is 438 g/mol. The first kappa shape index (κ1) is 22.0. The van der Waals surface area contributed by atoms with Crippen molar-refractivity contribution in [3.05, 3.63) is 64.2 Å². The number of ether oxygens (including phenoxy) is 1. The Morgan fingerprint density at radius 2 is 2.12 bits per heavy atom. The Kier molecular flexibility index (Phi) is 6.50. The first-order valence-corrected chi connectivity index (χ1v) is 10.9. The first-order valence-electron chi connectivity index (χ1n) is 10.9. The molecule has 1 N–H and O–H groups in total. The minimum Gasteiger partial charge on any atom is -0.492 e. The molecule has 1 unspecified atom stereocenters. The van der Waals surface area contributed by atoms with Crippen molar-refractivity contribution in [3.63, 3.8) is 0 Å². The summed E-state index contributed by atoms with van der Waals surface area (Å²) in [6.07, 6.45) is 1.30. The maximum absolute atomic E-state index is 13.3. The van der Waals surface area contributed by atoms with Gasteiger partial charge >= 0.3 is 0 Å². The van der Waals surface area contributed by atoms with Gasteiger partial charge in [0.05, 0.1) is 16.6 Å². The van der Waals surface area contributed by atoms with Crippen molar-refractivity contribution in [3.8, 4) is 11.4 Å². The van der Waals surface area contributed by atoms with Crippen molar-refractivity contribution in [2.45, 2.75) is 26.4 Å². The molecule has 1 saturated heterocycles. The van der Waals surface area contributed by atoms with Gasteiger partial charge in [0.15, 0.2) is 0 Å². The Balaban J connectivity index is 1.60. The molecule has 0 radical (unpaired) electrons. The van der Waals surface area contributed by atoms with E-state index in [4.69, 9.17) is 4.74 Å². The summed E-state index contributed by atoms with van der Waals surface area (Å²) >= 11 is 0. The number of hydrogen-bond acceptors (Lipinski definition) is 5. The number of halogens is 1. The average Bonchev–Trinajstić information content (AvgIpc) is 3.20. The number of hydrogen-bond donors (Lipinski definition) is 1. The molecule has 0 aliphatic carbocycles. The molecule has 1 aliphatic rings. The van der Waals surface area contributed by atoms with Gasteiger partial charge in [-0.15, -0.1) is 0 Å². The maximum atomic E-state index is 13.3. The van der Waals surface area contributed by atoms with Crippen LogP contribution in [-0.2, 0) is 0 Å². The molecule has 1 amide bonds. The third kappa shape index (κ3) is 4.65. The molecule has 4 rings (SSSR count). The normalized spacial score (nSPS) is 16.4. The summed E-state index contributed by atoms with van der Waals surface area (Å²) in [5.74, 6) is 0.376. The fourth-order valence-corrected chi connectivity index (χ4v) is 3.92. The van der Waals surface area contributed by atoms with Gasteiger partial charge in [-0.1, -0.05) is 6.07 Å². The largest absolute Gasteiger partial charge is 0.492 e. The molecule has 0 spiro atoms. The highest BCUT2D eigenvalue weighted by molar-refractivity contribution is 5.94. The van der Waals surface area contributed by atoms with E-state index in [1.165, 1.54) is 10.9 Å². The number of rotatable bonds is 7. The molecule has 1 aromatic heterocycles. The lowest BCUT2D eigenvalue weighted by atomic mass is 10.1. The molecule has 168 valence electrons. The summed E-state index contributed by atoms with van der Waals surface area (Å²) in [4.78, 5) is 32.0. The van der Waals surface area contributed by atoms with Crippen molar-refractivity contribution in [2.75, 3.05) is 32.8 Å². The Labute approximate surface area is 185 Å². The molecule has 1 fully saturated rings. The SMILES string of the molecule is CCNC(=O)c1ccc(C)c(-n2cnc3ccc(OCCN4CCC(F)C4)cc3c2=O)c1. The summed E-state index contributed by atoms with van der Waals surface area (Å²) < 4.78 is 20.6.